The molecule has 0 aliphatic heterocycles. The third-order valence-electron chi connectivity index (χ3n) is 1.99. The Morgan fingerprint density at radius 3 is 2.88 bits per heavy atom. The number of hydrogen-bond acceptors (Lipinski definition) is 6. The molecule has 0 radical (unpaired) electrons. The zero-order valence-electron chi connectivity index (χ0n) is 9.99. The van der Waals surface area contributed by atoms with Crippen LogP contribution in [-0.4, -0.2) is 34.6 Å². The molecule has 1 aromatic rings. The lowest BCUT2D eigenvalue weighted by atomic mass is 10.2. The Labute approximate surface area is 104 Å². The summed E-state index contributed by atoms with van der Waals surface area (Å²) in [5.41, 5.74) is 6.06. The van der Waals surface area contributed by atoms with Crippen molar-refractivity contribution in [3.05, 3.63) is 5.56 Å². The summed E-state index contributed by atoms with van der Waals surface area (Å²) in [4.78, 5) is 11.9. The number of aliphatic hydroxyl groups excluding tert-OH is 1. The largest absolute Gasteiger partial charge is 0.396 e. The SMILES string of the molecule is CC(C)NC(=O)c1c(N)nsc1NCCCO. The molecular weight excluding hydrogens is 240 g/mol. The molecule has 0 fully saturated rings. The molecule has 7 heteroatoms. The van der Waals surface area contributed by atoms with Crippen molar-refractivity contribution in [2.24, 2.45) is 0 Å². The normalized spacial score (nSPS) is 10.6. The molecule has 0 unspecified atom stereocenters. The highest BCUT2D eigenvalue weighted by Crippen LogP contribution is 2.26. The fourth-order valence-electron chi connectivity index (χ4n) is 1.26. The third kappa shape index (κ3) is 3.86. The predicted octanol–water partition coefficient (Wildman–Crippen LogP) is 0.658. The van der Waals surface area contributed by atoms with Crippen LogP contribution >= 0.6 is 11.5 Å². The first-order valence-electron chi connectivity index (χ1n) is 5.47. The van der Waals surface area contributed by atoms with E-state index in [1.807, 2.05) is 13.8 Å². The molecule has 0 bridgehead atoms. The Morgan fingerprint density at radius 2 is 2.29 bits per heavy atom. The lowest BCUT2D eigenvalue weighted by molar-refractivity contribution is 0.0945. The van der Waals surface area contributed by atoms with Crippen LogP contribution < -0.4 is 16.4 Å². The Hall–Kier alpha value is -1.34. The summed E-state index contributed by atoms with van der Waals surface area (Å²) < 4.78 is 3.96. The van der Waals surface area contributed by atoms with E-state index in [-0.39, 0.29) is 24.4 Å². The molecule has 0 aromatic carbocycles. The number of nitrogens with two attached hydrogens (primary N) is 1. The number of anilines is 2. The summed E-state index contributed by atoms with van der Waals surface area (Å²) in [5, 5.41) is 15.2. The van der Waals surface area contributed by atoms with Gasteiger partial charge < -0.3 is 21.5 Å². The van der Waals surface area contributed by atoms with Crippen molar-refractivity contribution in [1.29, 1.82) is 0 Å². The molecule has 17 heavy (non-hydrogen) atoms. The van der Waals surface area contributed by atoms with Crippen LogP contribution in [0.2, 0.25) is 0 Å². The van der Waals surface area contributed by atoms with Crippen LogP contribution in [0.15, 0.2) is 0 Å². The van der Waals surface area contributed by atoms with Crippen LogP contribution in [0.3, 0.4) is 0 Å². The van der Waals surface area contributed by atoms with Crippen molar-refractivity contribution in [3.8, 4) is 0 Å². The molecule has 1 amide bonds. The number of nitrogen functional groups attached to an aromatic ring is 1. The average Bonchev–Trinajstić information content (AvgIpc) is 2.59. The van der Waals surface area contributed by atoms with Gasteiger partial charge in [0.15, 0.2) is 5.82 Å². The van der Waals surface area contributed by atoms with Crippen molar-refractivity contribution < 1.29 is 9.90 Å². The van der Waals surface area contributed by atoms with Crippen LogP contribution in [0.25, 0.3) is 0 Å². The molecule has 5 N–H and O–H groups in total. The Kier molecular flexibility index (Phi) is 5.17. The number of nitrogens with zero attached hydrogens (tertiary/aromatic N) is 1. The van der Waals surface area contributed by atoms with Gasteiger partial charge in [-0.05, 0) is 31.8 Å². The van der Waals surface area contributed by atoms with E-state index in [2.05, 4.69) is 15.0 Å². The van der Waals surface area contributed by atoms with Crippen molar-refractivity contribution in [2.45, 2.75) is 26.3 Å². The second-order valence-electron chi connectivity index (χ2n) is 3.90. The standard InChI is InChI=1S/C10H18N4O2S/c1-6(2)13-9(16)7-8(11)14-17-10(7)12-4-3-5-15/h6,12,15H,3-5H2,1-2H3,(H2,11,14)(H,13,16). The zero-order valence-corrected chi connectivity index (χ0v) is 10.8. The Balaban J connectivity index is 2.75. The zero-order chi connectivity index (χ0) is 12.8. The number of hydrogen-bond donors (Lipinski definition) is 4. The van der Waals surface area contributed by atoms with Crippen LogP contribution in [0, 0.1) is 0 Å². The van der Waals surface area contributed by atoms with E-state index in [0.717, 1.165) is 11.5 Å². The summed E-state index contributed by atoms with van der Waals surface area (Å²) in [5.74, 6) is 0.0115. The first-order chi connectivity index (χ1) is 8.06. The maximum Gasteiger partial charge on any atom is 0.258 e. The third-order valence-corrected chi connectivity index (χ3v) is 2.80. The first-order valence-corrected chi connectivity index (χ1v) is 6.24. The van der Waals surface area contributed by atoms with Gasteiger partial charge in [0.2, 0.25) is 0 Å². The number of amides is 1. The van der Waals surface area contributed by atoms with Gasteiger partial charge >= 0.3 is 0 Å². The minimum atomic E-state index is -0.224. The molecule has 0 aliphatic carbocycles. The van der Waals surface area contributed by atoms with E-state index in [4.69, 9.17) is 10.8 Å². The minimum absolute atomic E-state index is 0.0482. The van der Waals surface area contributed by atoms with E-state index in [9.17, 15) is 4.79 Å². The van der Waals surface area contributed by atoms with Crippen LogP contribution in [0.5, 0.6) is 0 Å². The second kappa shape index (κ2) is 6.41. The molecule has 0 spiro atoms. The summed E-state index contributed by atoms with van der Waals surface area (Å²) in [6.45, 7) is 4.45. The summed E-state index contributed by atoms with van der Waals surface area (Å²) >= 11 is 1.15. The van der Waals surface area contributed by atoms with E-state index in [1.165, 1.54) is 0 Å². The fraction of sp³-hybridized carbons (Fsp3) is 0.600. The highest BCUT2D eigenvalue weighted by atomic mass is 32.1. The molecule has 96 valence electrons. The first kappa shape index (κ1) is 13.7. The number of aromatic nitrogens is 1. The lowest BCUT2D eigenvalue weighted by Crippen LogP contribution is -2.30. The smallest absolute Gasteiger partial charge is 0.258 e. The van der Waals surface area contributed by atoms with E-state index < -0.39 is 0 Å². The van der Waals surface area contributed by atoms with Gasteiger partial charge in [-0.2, -0.15) is 4.37 Å². The topological polar surface area (TPSA) is 100 Å². The summed E-state index contributed by atoms with van der Waals surface area (Å²) in [6, 6.07) is 0.0482. The highest BCUT2D eigenvalue weighted by molar-refractivity contribution is 7.11. The van der Waals surface area contributed by atoms with Crippen molar-refractivity contribution in [2.75, 3.05) is 24.2 Å². The van der Waals surface area contributed by atoms with Gasteiger partial charge in [0.25, 0.3) is 5.91 Å². The lowest BCUT2D eigenvalue weighted by Gasteiger charge is -2.09. The maximum atomic E-state index is 11.9. The van der Waals surface area contributed by atoms with Gasteiger partial charge in [0.1, 0.15) is 10.6 Å². The van der Waals surface area contributed by atoms with Crippen molar-refractivity contribution in [1.82, 2.24) is 9.69 Å². The Bertz CT molecular complexity index is 378. The Morgan fingerprint density at radius 1 is 1.59 bits per heavy atom. The quantitative estimate of drug-likeness (QED) is 0.562. The fourth-order valence-corrected chi connectivity index (χ4v) is 1.99. The van der Waals surface area contributed by atoms with Gasteiger partial charge in [-0.3, -0.25) is 4.79 Å². The van der Waals surface area contributed by atoms with Crippen LogP contribution in [-0.2, 0) is 0 Å². The monoisotopic (exact) mass is 258 g/mol. The molecule has 6 nitrogen and oxygen atoms in total. The summed E-state index contributed by atoms with van der Waals surface area (Å²) in [7, 11) is 0. The van der Waals surface area contributed by atoms with Crippen molar-refractivity contribution in [3.63, 3.8) is 0 Å². The van der Waals surface area contributed by atoms with Crippen molar-refractivity contribution >= 4 is 28.3 Å². The van der Waals surface area contributed by atoms with Crippen LogP contribution in [0.1, 0.15) is 30.6 Å². The molecule has 0 aliphatic rings. The minimum Gasteiger partial charge on any atom is -0.396 e. The van der Waals surface area contributed by atoms with Gasteiger partial charge in [-0.15, -0.1) is 0 Å². The molecule has 0 saturated heterocycles. The number of aliphatic hydroxyl groups is 1. The second-order valence-corrected chi connectivity index (χ2v) is 4.68. The molecule has 1 heterocycles. The highest BCUT2D eigenvalue weighted by Gasteiger charge is 2.19. The van der Waals surface area contributed by atoms with E-state index in [0.29, 0.717) is 23.5 Å². The molecule has 1 rings (SSSR count). The van der Waals surface area contributed by atoms with Gasteiger partial charge in [0.05, 0.1) is 0 Å². The summed E-state index contributed by atoms with van der Waals surface area (Å²) in [6.07, 6.45) is 0.614. The molecule has 1 aromatic heterocycles. The number of carbonyl (C=O) groups is 1. The van der Waals surface area contributed by atoms with Gasteiger partial charge in [0, 0.05) is 19.2 Å². The molecule has 0 atom stereocenters. The number of carbonyl (C=O) groups excluding carboxylic acids is 1. The number of rotatable bonds is 6. The van der Waals surface area contributed by atoms with Gasteiger partial charge in [-0.25, -0.2) is 0 Å². The van der Waals surface area contributed by atoms with E-state index >= 15 is 0 Å². The predicted molar refractivity (Wildman–Crippen MR) is 69.3 cm³/mol. The number of nitrogens with one attached hydrogen (secondary N) is 2. The molecule has 0 saturated carbocycles. The molecular formula is C10H18N4O2S. The maximum absolute atomic E-state index is 11.9. The van der Waals surface area contributed by atoms with Gasteiger partial charge in [-0.1, -0.05) is 0 Å². The average molecular weight is 258 g/mol. The van der Waals surface area contributed by atoms with Crippen LogP contribution in [0.4, 0.5) is 10.8 Å². The van der Waals surface area contributed by atoms with E-state index in [1.54, 1.807) is 0 Å².